The lowest BCUT2D eigenvalue weighted by atomic mass is 9.48. The quantitative estimate of drug-likeness (QED) is 0.767. The van der Waals surface area contributed by atoms with Crippen molar-refractivity contribution >= 4 is 5.96 Å². The van der Waals surface area contributed by atoms with Gasteiger partial charge in [0.25, 0.3) is 0 Å². The van der Waals surface area contributed by atoms with Crippen molar-refractivity contribution in [2.24, 2.45) is 34.4 Å². The number of hydrogen-bond donors (Lipinski definition) is 1. The fourth-order valence-electron chi connectivity index (χ4n) is 6.08. The van der Waals surface area contributed by atoms with E-state index in [9.17, 15) is 0 Å². The molecule has 0 aromatic heterocycles. The monoisotopic (exact) mass is 245 g/mol. The van der Waals surface area contributed by atoms with E-state index in [1.807, 2.05) is 0 Å². The summed E-state index contributed by atoms with van der Waals surface area (Å²) in [6.07, 6.45) is 10.1. The van der Waals surface area contributed by atoms with Crippen LogP contribution in [0.2, 0.25) is 0 Å². The van der Waals surface area contributed by atoms with Gasteiger partial charge >= 0.3 is 0 Å². The summed E-state index contributed by atoms with van der Waals surface area (Å²) in [5.74, 6) is 4.77. The second kappa shape index (κ2) is 3.05. The summed E-state index contributed by atoms with van der Waals surface area (Å²) < 4.78 is 0. The van der Waals surface area contributed by atoms with Crippen molar-refractivity contribution in [3.05, 3.63) is 0 Å². The van der Waals surface area contributed by atoms with Gasteiger partial charge in [0.1, 0.15) is 0 Å². The smallest absolute Gasteiger partial charge is 0.192 e. The summed E-state index contributed by atoms with van der Waals surface area (Å²) in [6, 6.07) is 0.744. The zero-order valence-electron chi connectivity index (χ0n) is 11.0. The van der Waals surface area contributed by atoms with Crippen molar-refractivity contribution in [3.63, 3.8) is 0 Å². The first-order chi connectivity index (χ1) is 8.77. The lowest BCUT2D eigenvalue weighted by Crippen LogP contribution is -2.67. The molecule has 1 heterocycles. The number of nitrogens with zero attached hydrogens (tertiary/aromatic N) is 2. The number of aliphatic imine (C=N–C) groups is 1. The van der Waals surface area contributed by atoms with Gasteiger partial charge in [-0.15, -0.1) is 0 Å². The van der Waals surface area contributed by atoms with E-state index in [4.69, 9.17) is 10.7 Å². The van der Waals surface area contributed by atoms with Crippen LogP contribution < -0.4 is 5.73 Å². The molecule has 0 unspecified atom stereocenters. The Labute approximate surface area is 109 Å². The Balaban J connectivity index is 1.58. The van der Waals surface area contributed by atoms with Gasteiger partial charge in [-0.05, 0) is 68.6 Å². The highest BCUT2D eigenvalue weighted by molar-refractivity contribution is 5.82. The lowest BCUT2D eigenvalue weighted by molar-refractivity contribution is -0.104. The zero-order valence-corrected chi connectivity index (χ0v) is 11.0. The van der Waals surface area contributed by atoms with Crippen LogP contribution in [-0.4, -0.2) is 29.0 Å². The van der Waals surface area contributed by atoms with Crippen LogP contribution in [0, 0.1) is 23.7 Å². The third-order valence-electron chi connectivity index (χ3n) is 6.65. The Kier molecular flexibility index (Phi) is 1.71. The van der Waals surface area contributed by atoms with Crippen LogP contribution in [0.1, 0.15) is 44.9 Å². The standard InChI is InChI=1S/C15H23N3/c16-14-17-8-15(18(14)13-1-2-13)11-4-9-3-10(6-11)7-12(15)5-9/h9-13H,1-8H2,(H2,16,17). The molecule has 6 aliphatic rings. The minimum atomic E-state index is 0.374. The Morgan fingerprint density at radius 2 is 1.61 bits per heavy atom. The fourth-order valence-corrected chi connectivity index (χ4v) is 6.08. The van der Waals surface area contributed by atoms with Crippen molar-refractivity contribution < 1.29 is 0 Å². The van der Waals surface area contributed by atoms with Crippen LogP contribution in [0.3, 0.4) is 0 Å². The first-order valence-corrected chi connectivity index (χ1v) is 7.86. The molecule has 98 valence electrons. The summed E-state index contributed by atoms with van der Waals surface area (Å²) in [5.41, 5.74) is 6.62. The molecule has 4 bridgehead atoms. The summed E-state index contributed by atoms with van der Waals surface area (Å²) in [5, 5.41) is 0. The van der Waals surface area contributed by atoms with Crippen molar-refractivity contribution in [3.8, 4) is 0 Å². The van der Waals surface area contributed by atoms with Crippen LogP contribution in [-0.2, 0) is 0 Å². The molecule has 5 saturated carbocycles. The van der Waals surface area contributed by atoms with E-state index in [0.717, 1.165) is 42.2 Å². The van der Waals surface area contributed by atoms with Crippen LogP contribution >= 0.6 is 0 Å². The first kappa shape index (κ1) is 10.1. The van der Waals surface area contributed by atoms with E-state index >= 15 is 0 Å². The highest BCUT2D eigenvalue weighted by Gasteiger charge is 2.63. The summed E-state index contributed by atoms with van der Waals surface area (Å²) in [4.78, 5) is 7.31. The average molecular weight is 245 g/mol. The SMILES string of the molecule is NC1=NCC2(C3CC4CC(C3)CC2C4)N1C1CC1. The van der Waals surface area contributed by atoms with Crippen LogP contribution in [0.4, 0.5) is 0 Å². The second-order valence-electron chi connectivity index (χ2n) is 7.57. The number of guanidine groups is 1. The zero-order chi connectivity index (χ0) is 11.9. The highest BCUT2D eigenvalue weighted by Crippen LogP contribution is 2.62. The normalized spacial score (nSPS) is 53.3. The summed E-state index contributed by atoms with van der Waals surface area (Å²) in [7, 11) is 0. The molecule has 0 atom stereocenters. The number of hydrogen-bond acceptors (Lipinski definition) is 3. The lowest BCUT2D eigenvalue weighted by Gasteiger charge is -2.62. The highest BCUT2D eigenvalue weighted by atomic mass is 15.4. The Morgan fingerprint density at radius 3 is 2.17 bits per heavy atom. The minimum absolute atomic E-state index is 0.374. The van der Waals surface area contributed by atoms with Gasteiger partial charge in [-0.2, -0.15) is 0 Å². The van der Waals surface area contributed by atoms with Gasteiger partial charge in [-0.25, -0.2) is 0 Å². The molecule has 1 spiro atoms. The van der Waals surface area contributed by atoms with Crippen LogP contribution in [0.5, 0.6) is 0 Å². The molecule has 2 N–H and O–H groups in total. The fraction of sp³-hybridized carbons (Fsp3) is 0.933. The maximum atomic E-state index is 6.25. The molecule has 0 radical (unpaired) electrons. The number of nitrogens with two attached hydrogens (primary N) is 1. The van der Waals surface area contributed by atoms with Crippen LogP contribution in [0.25, 0.3) is 0 Å². The van der Waals surface area contributed by atoms with Gasteiger partial charge in [0.2, 0.25) is 0 Å². The first-order valence-electron chi connectivity index (χ1n) is 7.86. The molecular weight excluding hydrogens is 222 g/mol. The van der Waals surface area contributed by atoms with E-state index in [-0.39, 0.29) is 0 Å². The molecule has 0 saturated heterocycles. The minimum Gasteiger partial charge on any atom is -0.370 e. The predicted molar refractivity (Wildman–Crippen MR) is 71.1 cm³/mol. The molecule has 0 amide bonds. The second-order valence-corrected chi connectivity index (χ2v) is 7.57. The Bertz CT molecular complexity index is 395. The van der Waals surface area contributed by atoms with Crippen LogP contribution in [0.15, 0.2) is 4.99 Å². The Morgan fingerprint density at radius 1 is 1.00 bits per heavy atom. The van der Waals surface area contributed by atoms with Gasteiger partial charge in [-0.3, -0.25) is 4.99 Å². The van der Waals surface area contributed by atoms with E-state index in [1.165, 1.54) is 44.9 Å². The van der Waals surface area contributed by atoms with E-state index in [1.54, 1.807) is 0 Å². The average Bonchev–Trinajstić information content (AvgIpc) is 3.10. The maximum absolute atomic E-state index is 6.25. The molecule has 5 aliphatic carbocycles. The maximum Gasteiger partial charge on any atom is 0.192 e. The third kappa shape index (κ3) is 1.06. The topological polar surface area (TPSA) is 41.6 Å². The van der Waals surface area contributed by atoms with Crippen molar-refractivity contribution in [2.75, 3.05) is 6.54 Å². The van der Waals surface area contributed by atoms with Crippen molar-refractivity contribution in [1.29, 1.82) is 0 Å². The number of rotatable bonds is 1. The van der Waals surface area contributed by atoms with Crippen molar-refractivity contribution in [2.45, 2.75) is 56.5 Å². The van der Waals surface area contributed by atoms with Gasteiger partial charge in [0.05, 0.1) is 12.1 Å². The molecule has 3 nitrogen and oxygen atoms in total. The largest absolute Gasteiger partial charge is 0.370 e. The molecule has 0 aromatic rings. The van der Waals surface area contributed by atoms with E-state index < -0.39 is 0 Å². The molecule has 5 fully saturated rings. The van der Waals surface area contributed by atoms with E-state index in [2.05, 4.69) is 4.90 Å². The molecule has 18 heavy (non-hydrogen) atoms. The molecular formula is C15H23N3. The summed E-state index contributed by atoms with van der Waals surface area (Å²) in [6.45, 7) is 1.02. The van der Waals surface area contributed by atoms with Crippen molar-refractivity contribution in [1.82, 2.24) is 4.90 Å². The molecule has 0 aromatic carbocycles. The van der Waals surface area contributed by atoms with Gasteiger partial charge in [-0.1, -0.05) is 0 Å². The van der Waals surface area contributed by atoms with Gasteiger partial charge < -0.3 is 10.6 Å². The van der Waals surface area contributed by atoms with Gasteiger partial charge in [0, 0.05) is 6.04 Å². The van der Waals surface area contributed by atoms with E-state index in [0.29, 0.717) is 5.54 Å². The Hall–Kier alpha value is -0.730. The van der Waals surface area contributed by atoms with Gasteiger partial charge in [0.15, 0.2) is 5.96 Å². The molecule has 6 rings (SSSR count). The molecule has 3 heteroatoms. The molecule has 1 aliphatic heterocycles. The predicted octanol–water partition coefficient (Wildman–Crippen LogP) is 1.97. The third-order valence-corrected chi connectivity index (χ3v) is 6.65. The summed E-state index contributed by atoms with van der Waals surface area (Å²) >= 11 is 0.